The minimum absolute atomic E-state index is 0.435. The second kappa shape index (κ2) is 8.56. The van der Waals surface area contributed by atoms with Crippen LogP contribution in [0.1, 0.15) is 18.9 Å². The first-order chi connectivity index (χ1) is 9.13. The highest BCUT2D eigenvalue weighted by molar-refractivity contribution is 6.32. The minimum Gasteiger partial charge on any atom is -0.490 e. The molecule has 0 aliphatic rings. The average Bonchev–Trinajstić information content (AvgIpc) is 2.38. The van der Waals surface area contributed by atoms with Gasteiger partial charge in [0.15, 0.2) is 0 Å². The summed E-state index contributed by atoms with van der Waals surface area (Å²) in [6, 6.07) is 5.11. The van der Waals surface area contributed by atoms with E-state index in [4.69, 9.17) is 26.2 Å². The summed E-state index contributed by atoms with van der Waals surface area (Å²) in [4.78, 5) is 10.4. The highest BCUT2D eigenvalue weighted by Crippen LogP contribution is 2.25. The molecule has 0 saturated heterocycles. The van der Waals surface area contributed by atoms with Crippen LogP contribution in [0.15, 0.2) is 24.3 Å². The zero-order valence-corrected chi connectivity index (χ0v) is 11.5. The summed E-state index contributed by atoms with van der Waals surface area (Å²) in [5, 5.41) is 8.97. The van der Waals surface area contributed by atoms with Crippen molar-refractivity contribution >= 4 is 23.6 Å². The molecular weight excluding hydrogens is 268 g/mol. The average molecular weight is 285 g/mol. The quantitative estimate of drug-likeness (QED) is 0.588. The van der Waals surface area contributed by atoms with Crippen molar-refractivity contribution in [1.29, 1.82) is 0 Å². The Morgan fingerprint density at radius 2 is 2.16 bits per heavy atom. The molecule has 1 rings (SSSR count). The first-order valence-electron chi connectivity index (χ1n) is 6.04. The Labute approximate surface area is 117 Å². The fraction of sp³-hybridized carbons (Fsp3) is 0.357. The van der Waals surface area contributed by atoms with Crippen molar-refractivity contribution in [3.63, 3.8) is 0 Å². The van der Waals surface area contributed by atoms with Gasteiger partial charge in [-0.2, -0.15) is 0 Å². The molecule has 1 N–H and O–H groups in total. The summed E-state index contributed by atoms with van der Waals surface area (Å²) < 4.78 is 10.8. The molecule has 0 bridgehead atoms. The molecule has 0 heterocycles. The van der Waals surface area contributed by atoms with Crippen LogP contribution in [0.2, 0.25) is 5.02 Å². The van der Waals surface area contributed by atoms with Crippen LogP contribution in [0.25, 0.3) is 6.08 Å². The molecule has 5 heteroatoms. The first-order valence-corrected chi connectivity index (χ1v) is 6.42. The zero-order chi connectivity index (χ0) is 14.1. The van der Waals surface area contributed by atoms with Crippen molar-refractivity contribution < 1.29 is 19.4 Å². The Bertz CT molecular complexity index is 443. The molecule has 0 radical (unpaired) electrons. The predicted octanol–water partition coefficient (Wildman–Crippen LogP) is 3.24. The number of carboxylic acid groups (broad SMARTS) is 1. The minimum atomic E-state index is -0.996. The van der Waals surface area contributed by atoms with Crippen molar-refractivity contribution in [3.8, 4) is 5.75 Å². The Kier molecular flexibility index (Phi) is 7.00. The largest absolute Gasteiger partial charge is 0.490 e. The SMILES string of the molecule is CCCOCCOc1ccc(/C=C/C(=O)O)cc1Cl. The highest BCUT2D eigenvalue weighted by Gasteiger charge is 2.02. The third kappa shape index (κ3) is 6.27. The number of ether oxygens (including phenoxy) is 2. The Morgan fingerprint density at radius 3 is 2.79 bits per heavy atom. The van der Waals surface area contributed by atoms with Gasteiger partial charge in [0.1, 0.15) is 12.4 Å². The van der Waals surface area contributed by atoms with Gasteiger partial charge in [-0.05, 0) is 30.2 Å². The number of rotatable bonds is 8. The first kappa shape index (κ1) is 15.5. The van der Waals surface area contributed by atoms with Gasteiger partial charge in [-0.3, -0.25) is 0 Å². The zero-order valence-electron chi connectivity index (χ0n) is 10.8. The van der Waals surface area contributed by atoms with E-state index in [1.807, 2.05) is 6.92 Å². The Balaban J connectivity index is 2.50. The van der Waals surface area contributed by atoms with Crippen molar-refractivity contribution in [2.24, 2.45) is 0 Å². The van der Waals surface area contributed by atoms with Gasteiger partial charge in [0.2, 0.25) is 0 Å². The molecule has 0 aromatic heterocycles. The van der Waals surface area contributed by atoms with Crippen LogP contribution in [-0.4, -0.2) is 30.9 Å². The van der Waals surface area contributed by atoms with Crippen LogP contribution in [0.4, 0.5) is 0 Å². The van der Waals surface area contributed by atoms with Gasteiger partial charge in [-0.15, -0.1) is 0 Å². The topological polar surface area (TPSA) is 55.8 Å². The lowest BCUT2D eigenvalue weighted by Gasteiger charge is -2.08. The fourth-order valence-electron chi connectivity index (χ4n) is 1.36. The summed E-state index contributed by atoms with van der Waals surface area (Å²) in [5.41, 5.74) is 0.710. The van der Waals surface area contributed by atoms with Gasteiger partial charge in [0.25, 0.3) is 0 Å². The summed E-state index contributed by atoms with van der Waals surface area (Å²) in [6.07, 6.45) is 3.51. The second-order valence-electron chi connectivity index (χ2n) is 3.82. The van der Waals surface area contributed by atoms with E-state index in [0.717, 1.165) is 19.1 Å². The third-order valence-electron chi connectivity index (χ3n) is 2.21. The van der Waals surface area contributed by atoms with E-state index in [0.29, 0.717) is 29.5 Å². The van der Waals surface area contributed by atoms with Crippen LogP contribution in [0, 0.1) is 0 Å². The van der Waals surface area contributed by atoms with Gasteiger partial charge in [0, 0.05) is 12.7 Å². The van der Waals surface area contributed by atoms with Crippen molar-refractivity contribution in [3.05, 3.63) is 34.9 Å². The van der Waals surface area contributed by atoms with Crippen molar-refractivity contribution in [1.82, 2.24) is 0 Å². The number of benzene rings is 1. The lowest BCUT2D eigenvalue weighted by molar-refractivity contribution is -0.131. The molecule has 0 fully saturated rings. The molecule has 0 aliphatic heterocycles. The monoisotopic (exact) mass is 284 g/mol. The van der Waals surface area contributed by atoms with Crippen LogP contribution in [0.5, 0.6) is 5.75 Å². The maximum absolute atomic E-state index is 10.4. The van der Waals surface area contributed by atoms with E-state index in [-0.39, 0.29) is 0 Å². The van der Waals surface area contributed by atoms with Crippen molar-refractivity contribution in [2.75, 3.05) is 19.8 Å². The molecule has 104 valence electrons. The maximum atomic E-state index is 10.4. The van der Waals surface area contributed by atoms with Gasteiger partial charge in [0.05, 0.1) is 11.6 Å². The molecule has 4 nitrogen and oxygen atoms in total. The van der Waals surface area contributed by atoms with Gasteiger partial charge >= 0.3 is 5.97 Å². The van der Waals surface area contributed by atoms with E-state index >= 15 is 0 Å². The Morgan fingerprint density at radius 1 is 1.37 bits per heavy atom. The molecule has 0 aliphatic carbocycles. The number of aliphatic carboxylic acids is 1. The second-order valence-corrected chi connectivity index (χ2v) is 4.23. The number of halogens is 1. The summed E-state index contributed by atoms with van der Waals surface area (Å²) >= 11 is 6.04. The number of carboxylic acids is 1. The van der Waals surface area contributed by atoms with E-state index in [1.165, 1.54) is 6.08 Å². The maximum Gasteiger partial charge on any atom is 0.328 e. The van der Waals surface area contributed by atoms with E-state index in [9.17, 15) is 4.79 Å². The van der Waals surface area contributed by atoms with Gasteiger partial charge < -0.3 is 14.6 Å². The van der Waals surface area contributed by atoms with Crippen molar-refractivity contribution in [2.45, 2.75) is 13.3 Å². The van der Waals surface area contributed by atoms with E-state index < -0.39 is 5.97 Å². The summed E-state index contributed by atoms with van der Waals surface area (Å²) in [7, 11) is 0. The van der Waals surface area contributed by atoms with Crippen LogP contribution in [-0.2, 0) is 9.53 Å². The molecule has 0 atom stereocenters. The van der Waals surface area contributed by atoms with E-state index in [1.54, 1.807) is 18.2 Å². The molecule has 0 spiro atoms. The lowest BCUT2D eigenvalue weighted by Crippen LogP contribution is -2.07. The van der Waals surface area contributed by atoms with Crippen LogP contribution >= 0.6 is 11.6 Å². The number of carbonyl (C=O) groups is 1. The summed E-state index contributed by atoms with van der Waals surface area (Å²) in [6.45, 7) is 3.71. The Hall–Kier alpha value is -1.52. The molecular formula is C14H17ClO4. The third-order valence-corrected chi connectivity index (χ3v) is 2.50. The molecule has 1 aromatic rings. The summed E-state index contributed by atoms with van der Waals surface area (Å²) in [5.74, 6) is -0.432. The molecule has 0 unspecified atom stereocenters. The molecule has 19 heavy (non-hydrogen) atoms. The molecule has 1 aromatic carbocycles. The standard InChI is InChI=1S/C14H17ClO4/c1-2-7-18-8-9-19-13-5-3-11(10-12(13)15)4-6-14(16)17/h3-6,10H,2,7-9H2,1H3,(H,16,17)/b6-4+. The predicted molar refractivity (Wildman–Crippen MR) is 74.7 cm³/mol. The van der Waals surface area contributed by atoms with Crippen LogP contribution in [0.3, 0.4) is 0 Å². The fourth-order valence-corrected chi connectivity index (χ4v) is 1.61. The molecule has 0 saturated carbocycles. The smallest absolute Gasteiger partial charge is 0.328 e. The number of hydrogen-bond donors (Lipinski definition) is 1. The lowest BCUT2D eigenvalue weighted by atomic mass is 10.2. The number of hydrogen-bond acceptors (Lipinski definition) is 3. The van der Waals surface area contributed by atoms with Crippen LogP contribution < -0.4 is 4.74 Å². The van der Waals surface area contributed by atoms with E-state index in [2.05, 4.69) is 0 Å². The van der Waals surface area contributed by atoms with Gasteiger partial charge in [-0.1, -0.05) is 24.6 Å². The molecule has 0 amide bonds. The van der Waals surface area contributed by atoms with Gasteiger partial charge in [-0.25, -0.2) is 4.79 Å². The highest BCUT2D eigenvalue weighted by atomic mass is 35.5. The normalized spacial score (nSPS) is 10.8.